The number of hydrogen-bond donors (Lipinski definition) is 2. The first-order chi connectivity index (χ1) is 22.6. The van der Waals surface area contributed by atoms with Gasteiger partial charge in [-0.3, -0.25) is 14.3 Å². The van der Waals surface area contributed by atoms with Gasteiger partial charge >= 0.3 is 17.2 Å². The number of aromatic nitrogens is 3. The molecule has 1 saturated carbocycles. The molecule has 0 amide bonds. The van der Waals surface area contributed by atoms with E-state index in [1.165, 1.54) is 6.42 Å². The van der Waals surface area contributed by atoms with Crippen LogP contribution in [-0.4, -0.2) is 44.0 Å². The zero-order valence-corrected chi connectivity index (χ0v) is 28.7. The van der Waals surface area contributed by atoms with Crippen molar-refractivity contribution in [1.29, 1.82) is 0 Å². The summed E-state index contributed by atoms with van der Waals surface area (Å²) in [7, 11) is 0. The van der Waals surface area contributed by atoms with E-state index in [9.17, 15) is 9.00 Å². The second-order valence-electron chi connectivity index (χ2n) is 13.3. The van der Waals surface area contributed by atoms with Gasteiger partial charge in [0, 0.05) is 24.8 Å². The molecule has 0 bridgehead atoms. The topological polar surface area (TPSA) is 105 Å². The van der Waals surface area contributed by atoms with E-state index in [2.05, 4.69) is 40.3 Å². The number of hydrogen-bond acceptors (Lipinski definition) is 6. The molecule has 2 N–H and O–H groups in total. The number of carbonyl (C=O) groups excluding carboxylic acids is 1. The molecular formula is C36H44N6O4S. The number of esters is 1. The Hall–Kier alpha value is -4.30. The molecule has 47 heavy (non-hydrogen) atoms. The normalized spacial score (nSPS) is 22.1. The van der Waals surface area contributed by atoms with Gasteiger partial charge in [-0.25, -0.2) is 14.6 Å². The van der Waals surface area contributed by atoms with E-state index >= 15 is 0 Å². The number of benzene rings is 2. The van der Waals surface area contributed by atoms with Crippen LogP contribution in [0.1, 0.15) is 81.3 Å². The number of ether oxygens (including phenoxy) is 1. The molecule has 1 aliphatic heterocycles. The van der Waals surface area contributed by atoms with Gasteiger partial charge in [0.25, 0.3) is 0 Å². The summed E-state index contributed by atoms with van der Waals surface area (Å²) < 4.78 is 30.1. The van der Waals surface area contributed by atoms with Crippen LogP contribution in [0.25, 0.3) is 21.9 Å². The molecule has 6 rings (SSSR count). The molecule has 2 aliphatic rings. The number of fused-ring (bicyclic) bond motifs is 1. The van der Waals surface area contributed by atoms with Crippen molar-refractivity contribution in [1.82, 2.24) is 14.6 Å². The van der Waals surface area contributed by atoms with Crippen LogP contribution in [0.15, 0.2) is 42.6 Å². The quantitative estimate of drug-likeness (QED) is 0.140. The van der Waals surface area contributed by atoms with Gasteiger partial charge in [-0.05, 0) is 98.6 Å². The predicted octanol–water partition coefficient (Wildman–Crippen LogP) is 8.04. The van der Waals surface area contributed by atoms with Gasteiger partial charge in [0.05, 0.1) is 17.9 Å². The maximum absolute atomic E-state index is 13.6. The number of nitrogens with one attached hydrogen (secondary N) is 2. The van der Waals surface area contributed by atoms with Crippen LogP contribution in [0.5, 0.6) is 5.75 Å². The van der Waals surface area contributed by atoms with Crippen LogP contribution >= 0.6 is 0 Å². The summed E-state index contributed by atoms with van der Waals surface area (Å²) in [6.07, 6.45) is 7.51. The van der Waals surface area contributed by atoms with E-state index in [1.807, 2.05) is 50.2 Å². The fourth-order valence-electron chi connectivity index (χ4n) is 7.34. The average molecular weight is 657 g/mol. The average Bonchev–Trinajstić information content (AvgIpc) is 3.61. The van der Waals surface area contributed by atoms with Gasteiger partial charge in [0.1, 0.15) is 17.4 Å². The maximum Gasteiger partial charge on any atom is 0.331 e. The van der Waals surface area contributed by atoms with Gasteiger partial charge in [0.15, 0.2) is 11.5 Å². The van der Waals surface area contributed by atoms with Gasteiger partial charge in [-0.15, -0.1) is 0 Å². The largest absolute Gasteiger partial charge is 0.459 e. The molecule has 3 unspecified atom stereocenters. The Morgan fingerprint density at radius 1 is 1.11 bits per heavy atom. The van der Waals surface area contributed by atoms with Gasteiger partial charge in [-0.2, -0.15) is 4.21 Å². The predicted molar refractivity (Wildman–Crippen MR) is 186 cm³/mol. The lowest BCUT2D eigenvalue weighted by molar-refractivity contribution is -0.0249. The van der Waals surface area contributed by atoms with Gasteiger partial charge in [-0.1, -0.05) is 39.8 Å². The Kier molecular flexibility index (Phi) is 9.60. The molecule has 248 valence electrons. The number of anilines is 2. The second kappa shape index (κ2) is 13.8. The van der Waals surface area contributed by atoms with Crippen molar-refractivity contribution < 1.29 is 17.9 Å². The van der Waals surface area contributed by atoms with Crippen molar-refractivity contribution in [2.75, 3.05) is 22.7 Å². The highest BCUT2D eigenvalue weighted by atomic mass is 32.2. The van der Waals surface area contributed by atoms with E-state index in [0.717, 1.165) is 67.6 Å². The van der Waals surface area contributed by atoms with E-state index in [1.54, 1.807) is 10.7 Å². The molecular weight excluding hydrogens is 613 g/mol. The number of carbonyl (C=O) groups is 1. The van der Waals surface area contributed by atoms with Crippen LogP contribution in [-0.2, 0) is 22.4 Å². The summed E-state index contributed by atoms with van der Waals surface area (Å²) >= 11 is -1.86. The number of piperidine rings is 1. The third kappa shape index (κ3) is 6.89. The molecule has 2 aromatic heterocycles. The van der Waals surface area contributed by atoms with Crippen LogP contribution in [0.2, 0.25) is 0 Å². The lowest BCUT2D eigenvalue weighted by atomic mass is 9.75. The molecule has 1 aliphatic carbocycles. The Bertz CT molecular complexity index is 1820. The summed E-state index contributed by atoms with van der Waals surface area (Å²) in [5.41, 5.74) is 5.04. The highest BCUT2D eigenvalue weighted by molar-refractivity contribution is 7.82. The molecule has 4 aromatic rings. The molecule has 0 radical (unpaired) electrons. The van der Waals surface area contributed by atoms with Crippen molar-refractivity contribution >= 4 is 39.9 Å². The summed E-state index contributed by atoms with van der Waals surface area (Å²) in [6.45, 7) is 20.1. The fourth-order valence-corrected chi connectivity index (χ4v) is 8.04. The number of aryl methyl sites for hydroxylation is 2. The zero-order valence-electron chi connectivity index (χ0n) is 27.8. The number of nitrogens with zero attached hydrogens (tertiary/aromatic N) is 4. The van der Waals surface area contributed by atoms with E-state index < -0.39 is 17.2 Å². The highest BCUT2D eigenvalue weighted by Crippen LogP contribution is 2.38. The molecule has 2 fully saturated rings. The van der Waals surface area contributed by atoms with Crippen LogP contribution in [0.3, 0.4) is 0 Å². The first-order valence-corrected chi connectivity index (χ1v) is 17.8. The minimum Gasteiger partial charge on any atom is -0.459 e. The third-order valence-electron chi connectivity index (χ3n) is 9.57. The van der Waals surface area contributed by atoms with Crippen molar-refractivity contribution in [3.8, 4) is 17.1 Å². The highest BCUT2D eigenvalue weighted by Gasteiger charge is 2.35. The Balaban J connectivity index is 1.31. The van der Waals surface area contributed by atoms with Crippen LogP contribution in [0, 0.1) is 31.2 Å². The number of H-pyrrole nitrogens is 1. The minimum atomic E-state index is -1.86. The summed E-state index contributed by atoms with van der Waals surface area (Å²) in [5.74, 6) is 1.64. The van der Waals surface area contributed by atoms with Crippen molar-refractivity contribution in [2.24, 2.45) is 17.8 Å². The lowest BCUT2D eigenvalue weighted by Gasteiger charge is -2.37. The first-order valence-electron chi connectivity index (χ1n) is 16.7. The summed E-state index contributed by atoms with van der Waals surface area (Å²) in [5, 5.41) is 3.24. The lowest BCUT2D eigenvalue weighted by Crippen LogP contribution is -2.37. The maximum atomic E-state index is 13.6. The third-order valence-corrected chi connectivity index (χ3v) is 10.3. The van der Waals surface area contributed by atoms with E-state index in [-0.39, 0.29) is 29.2 Å². The van der Waals surface area contributed by atoms with Gasteiger partial charge < -0.3 is 13.8 Å². The van der Waals surface area contributed by atoms with Crippen LogP contribution < -0.4 is 13.8 Å². The number of rotatable bonds is 9. The zero-order chi connectivity index (χ0) is 33.2. The van der Waals surface area contributed by atoms with Crippen molar-refractivity contribution in [2.45, 2.75) is 79.2 Å². The first kappa shape index (κ1) is 32.6. The molecule has 3 atom stereocenters. The molecule has 1 saturated heterocycles. The Morgan fingerprint density at radius 3 is 2.55 bits per heavy atom. The molecule has 2 aromatic carbocycles. The second-order valence-corrected chi connectivity index (χ2v) is 14.2. The molecule has 3 heterocycles. The fraction of sp³-hybridized carbons (Fsp3) is 0.472. The molecule has 11 heteroatoms. The molecule has 0 spiro atoms. The minimum absolute atomic E-state index is 0.170. The van der Waals surface area contributed by atoms with Gasteiger partial charge in [0.2, 0.25) is 5.69 Å². The van der Waals surface area contributed by atoms with E-state index in [0.29, 0.717) is 28.8 Å². The SMILES string of the molecule is [C-]#[N+]c1cn2[nH]c(-c3ccc(N4CCCCC4)c(NS(=O)Oc4cc(C)ccc4CC)c3)nc2c1C(=O)OC1C(C)CC(C)CC1C. The van der Waals surface area contributed by atoms with Crippen molar-refractivity contribution in [3.63, 3.8) is 0 Å². The summed E-state index contributed by atoms with van der Waals surface area (Å²) in [6, 6.07) is 11.8. The van der Waals surface area contributed by atoms with Crippen molar-refractivity contribution in [3.05, 3.63) is 70.7 Å². The number of aromatic amines is 1. The molecule has 10 nitrogen and oxygen atoms in total. The Morgan fingerprint density at radius 2 is 1.85 bits per heavy atom. The van der Waals surface area contributed by atoms with Crippen LogP contribution in [0.4, 0.5) is 17.1 Å². The Labute approximate surface area is 279 Å². The smallest absolute Gasteiger partial charge is 0.331 e. The monoisotopic (exact) mass is 656 g/mol. The van der Waals surface area contributed by atoms with E-state index in [4.69, 9.17) is 20.5 Å². The summed E-state index contributed by atoms with van der Waals surface area (Å²) in [4.78, 5) is 24.3. The standard InChI is InChI=1S/C36H44N6O4S/c1-7-26-12-11-22(2)19-31(26)46-47(44)40-28-20-27(13-14-30(28)41-15-9-8-10-16-41)34-38-35-32(29(37-6)21-42(35)39-34)36(43)45-33-24(4)17-23(3)18-25(33)5/h11-14,19-21,23-25,33,40H,7-10,15-18H2,1-5H3,(H,38,39).